The Balaban J connectivity index is -0.0000000976. The van der Waals surface area contributed by atoms with E-state index in [2.05, 4.69) is 56.4 Å². The van der Waals surface area contributed by atoms with E-state index < -0.39 is 11.9 Å². The molecule has 0 heterocycles. The van der Waals surface area contributed by atoms with Gasteiger partial charge in [0.2, 0.25) is 0 Å². The van der Waals surface area contributed by atoms with Crippen LogP contribution in [-0.2, 0) is 0 Å². The van der Waals surface area contributed by atoms with Crippen molar-refractivity contribution in [2.24, 2.45) is 0 Å². The van der Waals surface area contributed by atoms with Gasteiger partial charge in [0, 0.05) is 0 Å². The van der Waals surface area contributed by atoms with E-state index >= 15 is 0 Å². The van der Waals surface area contributed by atoms with E-state index in [4.69, 9.17) is 5.11 Å². The van der Waals surface area contributed by atoms with Crippen molar-refractivity contribution in [2.45, 2.75) is 7.43 Å². The molecule has 0 aromatic heterocycles. The smallest absolute Gasteiger partial charge is 0.335 e. The molecule has 0 aliphatic heterocycles. The van der Waals surface area contributed by atoms with E-state index in [0.717, 1.165) is 8.97 Å². The molecule has 0 radical (unpaired) electrons. The van der Waals surface area contributed by atoms with Crippen molar-refractivity contribution in [1.29, 1.82) is 0 Å². The summed E-state index contributed by atoms with van der Waals surface area (Å²) in [5, 5.41) is 18.5. The van der Waals surface area contributed by atoms with E-state index in [9.17, 15) is 14.7 Å². The summed E-state index contributed by atoms with van der Waals surface area (Å²) in [6.45, 7) is 0. The minimum absolute atomic E-state index is 0. The second-order valence-corrected chi connectivity index (χ2v) is 8.69. The summed E-state index contributed by atoms with van der Waals surface area (Å²) in [6.07, 6.45) is 0. The number of aromatic carboxylic acids is 2. The quantitative estimate of drug-likeness (QED) is 0.705. The summed E-state index contributed by atoms with van der Waals surface area (Å²) in [5.74, 6) is -2.01. The fraction of sp³-hybridized carbons (Fsp3) is 0.391. The summed E-state index contributed by atoms with van der Waals surface area (Å²) < 4.78 is 2.00. The number of nitrogens with zero attached hydrogens (tertiary/aromatic N) is 2. The maximum Gasteiger partial charge on any atom is 0.335 e. The monoisotopic (exact) mass is 442 g/mol. The van der Waals surface area contributed by atoms with Crippen molar-refractivity contribution in [2.75, 3.05) is 56.4 Å². The Morgan fingerprint density at radius 3 is 1.03 bits per heavy atom. The first kappa shape index (κ1) is 38.8. The average molecular weight is 443 g/mol. The summed E-state index contributed by atoms with van der Waals surface area (Å²) >= 11 is 0. The van der Waals surface area contributed by atoms with E-state index in [-0.39, 0.29) is 23.9 Å². The van der Waals surface area contributed by atoms with Crippen LogP contribution in [-0.4, -0.2) is 93.3 Å². The second-order valence-electron chi connectivity index (χ2n) is 8.69. The Kier molecular flexibility index (Phi) is 24.0. The number of hydrogen-bond donors (Lipinski definition) is 1. The highest BCUT2D eigenvalue weighted by molar-refractivity contribution is 5.87. The fourth-order valence-corrected chi connectivity index (χ4v) is 1.15. The summed E-state index contributed by atoms with van der Waals surface area (Å²) in [4.78, 5) is 20.3. The Bertz CT molecular complexity index is 605. The number of quaternary nitrogens is 2. The van der Waals surface area contributed by atoms with Gasteiger partial charge in [-0.25, -0.2) is 4.79 Å². The van der Waals surface area contributed by atoms with Crippen LogP contribution < -0.4 is 5.11 Å². The van der Waals surface area contributed by atoms with E-state index in [1.165, 1.54) is 12.1 Å². The van der Waals surface area contributed by atoms with Gasteiger partial charge in [-0.1, -0.05) is 56.0 Å². The first-order valence-corrected chi connectivity index (χ1v) is 8.74. The van der Waals surface area contributed by atoms with Gasteiger partial charge in [0.05, 0.1) is 67.9 Å². The molecule has 0 spiro atoms. The van der Waals surface area contributed by atoms with Crippen molar-refractivity contribution in [1.82, 2.24) is 0 Å². The lowest BCUT2D eigenvalue weighted by atomic mass is 10.2. The van der Waals surface area contributed by atoms with Crippen molar-refractivity contribution in [3.8, 4) is 0 Å². The highest BCUT2D eigenvalue weighted by Gasteiger charge is 1.96. The molecular weight excluding hydrogens is 400 g/mol. The molecule has 2 aromatic carbocycles. The number of carbonyl (C=O) groups excluding carboxylic acids is 1. The molecule has 31 heavy (non-hydrogen) atoms. The van der Waals surface area contributed by atoms with Crippen LogP contribution in [0.5, 0.6) is 0 Å². The molecule has 0 amide bonds. The summed E-state index contributed by atoms with van der Waals surface area (Å²) in [6, 6.07) is 16.4. The van der Waals surface area contributed by atoms with Crippen molar-refractivity contribution >= 4 is 11.9 Å². The van der Waals surface area contributed by atoms with Gasteiger partial charge in [-0.3, -0.25) is 0 Å². The third-order valence-electron chi connectivity index (χ3n) is 2.03. The number of carbonyl (C=O) groups is 2. The van der Waals surface area contributed by atoms with Crippen LogP contribution in [0.15, 0.2) is 60.7 Å². The van der Waals surface area contributed by atoms with Gasteiger partial charge in [0.25, 0.3) is 0 Å². The number of benzene rings is 2. The van der Waals surface area contributed by atoms with Gasteiger partial charge in [0.1, 0.15) is 0 Å². The van der Waals surface area contributed by atoms with Crippen LogP contribution in [0.1, 0.15) is 28.1 Å². The number of carboxylic acids is 2. The third kappa shape index (κ3) is 38.4. The minimum atomic E-state index is -1.13. The summed E-state index contributed by atoms with van der Waals surface area (Å²) in [7, 11) is 17.0. The Morgan fingerprint density at radius 1 is 0.677 bits per heavy atom. The molecule has 4 N–H and O–H groups in total. The van der Waals surface area contributed by atoms with Crippen LogP contribution in [0.2, 0.25) is 0 Å². The Morgan fingerprint density at radius 2 is 0.903 bits per heavy atom. The molecule has 0 atom stereocenters. The fourth-order valence-electron chi connectivity index (χ4n) is 1.15. The molecule has 8 heteroatoms. The van der Waals surface area contributed by atoms with Crippen LogP contribution >= 0.6 is 0 Å². The second kappa shape index (κ2) is 19.2. The number of rotatable bonds is 2. The molecule has 180 valence electrons. The summed E-state index contributed by atoms with van der Waals surface area (Å²) in [5.41, 5.74) is 0.551. The number of carboxylic acid groups (broad SMARTS) is 2. The minimum Gasteiger partial charge on any atom is -0.870 e. The molecule has 2 aromatic rings. The Labute approximate surface area is 187 Å². The van der Waals surface area contributed by atoms with Crippen LogP contribution in [0.3, 0.4) is 0 Å². The number of hydrogen-bond acceptors (Lipinski definition) is 4. The van der Waals surface area contributed by atoms with E-state index in [1.54, 1.807) is 48.5 Å². The molecular formula is C23H42N2O6. The average Bonchev–Trinajstić information content (AvgIpc) is 2.54. The lowest BCUT2D eigenvalue weighted by Gasteiger charge is -2.14. The lowest BCUT2D eigenvalue weighted by molar-refractivity contribution is -0.849. The van der Waals surface area contributed by atoms with Crippen molar-refractivity contribution in [3.63, 3.8) is 0 Å². The molecule has 0 saturated heterocycles. The van der Waals surface area contributed by atoms with Crippen molar-refractivity contribution in [3.05, 3.63) is 71.8 Å². The van der Waals surface area contributed by atoms with Crippen LogP contribution in [0, 0.1) is 0 Å². The third-order valence-corrected chi connectivity index (χ3v) is 2.03. The molecule has 0 saturated carbocycles. The largest absolute Gasteiger partial charge is 0.870 e. The maximum atomic E-state index is 10.2. The van der Waals surface area contributed by atoms with E-state index in [0.29, 0.717) is 5.56 Å². The van der Waals surface area contributed by atoms with Crippen molar-refractivity contribution < 1.29 is 39.7 Å². The standard InChI is InChI=1S/2C7H6O2.2C4H12N.CH4.2H2O/c2*8-7(9)6-4-2-1-3-5-6;2*1-5(2,3)4;;;/h2*1-5H,(H,8,9);2*1-4H3;1H4;2*1H2/q;;2*+1;;;/p-2. The highest BCUT2D eigenvalue weighted by atomic mass is 16.4. The maximum absolute atomic E-state index is 10.2. The zero-order valence-corrected chi connectivity index (χ0v) is 19.3. The van der Waals surface area contributed by atoms with Gasteiger partial charge in [-0.15, -0.1) is 0 Å². The van der Waals surface area contributed by atoms with Gasteiger partial charge >= 0.3 is 5.97 Å². The molecule has 0 fully saturated rings. The zero-order valence-electron chi connectivity index (χ0n) is 19.3. The van der Waals surface area contributed by atoms with Gasteiger partial charge in [-0.2, -0.15) is 0 Å². The molecule has 0 aliphatic carbocycles. The first-order chi connectivity index (χ1) is 12.6. The van der Waals surface area contributed by atoms with Gasteiger partial charge in [-0.05, 0) is 17.7 Å². The SMILES string of the molecule is C.C[N+](C)(C)C.C[N+](C)(C)C.O.O=C(O)c1ccccc1.O=C([O-])c1ccccc1.[OH-]. The van der Waals surface area contributed by atoms with Crippen LogP contribution in [0.25, 0.3) is 0 Å². The lowest BCUT2D eigenvalue weighted by Crippen LogP contribution is -2.27. The zero-order chi connectivity index (χ0) is 22.4. The van der Waals surface area contributed by atoms with E-state index in [1.807, 2.05) is 0 Å². The molecule has 0 bridgehead atoms. The highest BCUT2D eigenvalue weighted by Crippen LogP contribution is 1.96. The predicted molar refractivity (Wildman–Crippen MR) is 124 cm³/mol. The molecule has 0 unspecified atom stereocenters. The first-order valence-electron chi connectivity index (χ1n) is 8.74. The molecule has 0 aliphatic rings. The Hall–Kier alpha value is -2.78. The molecule has 2 rings (SSSR count). The normalized spacial score (nSPS) is 9.03. The topological polar surface area (TPSA) is 139 Å². The van der Waals surface area contributed by atoms with Crippen LogP contribution in [0.4, 0.5) is 0 Å². The van der Waals surface area contributed by atoms with Gasteiger partial charge < -0.3 is 34.9 Å². The van der Waals surface area contributed by atoms with Gasteiger partial charge in [0.15, 0.2) is 0 Å². The molecule has 8 nitrogen and oxygen atoms in total. The predicted octanol–water partition coefficient (Wildman–Crippen LogP) is 1.71.